The van der Waals surface area contributed by atoms with Crippen LogP contribution >= 0.6 is 0 Å². The van der Waals surface area contributed by atoms with E-state index in [0.717, 1.165) is 12.8 Å². The topological polar surface area (TPSA) is 93.5 Å². The van der Waals surface area contributed by atoms with Gasteiger partial charge >= 0.3 is 0 Å². The highest BCUT2D eigenvalue weighted by molar-refractivity contribution is 7.89. The Labute approximate surface area is 113 Å². The molecule has 2 unspecified atom stereocenters. The number of rotatable bonds is 5. The normalized spacial score (nSPS) is 21.3. The largest absolute Gasteiger partial charge is 0.377 e. The fraction of sp³-hybridized carbons (Fsp3) is 0.500. The molecular weight excluding hydrogens is 266 g/mol. The minimum Gasteiger partial charge on any atom is -0.377 e. The van der Waals surface area contributed by atoms with E-state index in [1.807, 2.05) is 6.92 Å². The molecule has 0 aromatic heterocycles. The first-order chi connectivity index (χ1) is 9.03. The van der Waals surface area contributed by atoms with E-state index in [2.05, 4.69) is 10.1 Å². The van der Waals surface area contributed by atoms with Crippen LogP contribution < -0.4 is 16.0 Å². The van der Waals surface area contributed by atoms with E-state index in [1.165, 1.54) is 12.1 Å². The third-order valence-corrected chi connectivity index (χ3v) is 4.77. The summed E-state index contributed by atoms with van der Waals surface area (Å²) in [7, 11) is -3.52. The Balaban J connectivity index is 2.08. The van der Waals surface area contributed by atoms with Gasteiger partial charge in [0.1, 0.15) is 0 Å². The van der Waals surface area contributed by atoms with Gasteiger partial charge in [0.2, 0.25) is 10.0 Å². The summed E-state index contributed by atoms with van der Waals surface area (Å²) in [6, 6.07) is 6.02. The molecule has 0 bridgehead atoms. The van der Waals surface area contributed by atoms with E-state index in [4.69, 9.17) is 10.6 Å². The number of ether oxygens (including phenoxy) is 1. The molecule has 2 rings (SSSR count). The Morgan fingerprint density at radius 2 is 2.05 bits per heavy atom. The lowest BCUT2D eigenvalue weighted by molar-refractivity contribution is 0.0902. The van der Waals surface area contributed by atoms with Crippen LogP contribution in [0.2, 0.25) is 0 Å². The summed E-state index contributed by atoms with van der Waals surface area (Å²) in [5, 5.41) is 0. The maximum atomic E-state index is 12.2. The zero-order valence-electron chi connectivity index (χ0n) is 10.8. The first-order valence-corrected chi connectivity index (χ1v) is 7.72. The standard InChI is InChI=1S/C12H19N3O3S/c1-9(12-3-2-8-18-12)15-19(16,17)11-6-4-10(14-13)5-7-11/h4-7,9,12,14-15H,2-3,8,13H2,1H3. The Kier molecular flexibility index (Phi) is 4.41. The van der Waals surface area contributed by atoms with Gasteiger partial charge in [-0.3, -0.25) is 5.84 Å². The highest BCUT2D eigenvalue weighted by atomic mass is 32.2. The number of hydrogen-bond acceptors (Lipinski definition) is 5. The zero-order valence-corrected chi connectivity index (χ0v) is 11.6. The van der Waals surface area contributed by atoms with Crippen LogP contribution in [0.25, 0.3) is 0 Å². The molecule has 6 nitrogen and oxygen atoms in total. The summed E-state index contributed by atoms with van der Waals surface area (Å²) in [6.07, 6.45) is 1.83. The van der Waals surface area contributed by atoms with Gasteiger partial charge in [-0.15, -0.1) is 0 Å². The van der Waals surface area contributed by atoms with Gasteiger partial charge in [-0.05, 0) is 44.0 Å². The number of hydrogen-bond donors (Lipinski definition) is 3. The average molecular weight is 285 g/mol. The second-order valence-electron chi connectivity index (χ2n) is 4.63. The molecule has 1 saturated heterocycles. The van der Waals surface area contributed by atoms with Crippen molar-refractivity contribution in [3.05, 3.63) is 24.3 Å². The van der Waals surface area contributed by atoms with E-state index in [9.17, 15) is 8.42 Å². The fourth-order valence-corrected chi connectivity index (χ4v) is 3.39. The van der Waals surface area contributed by atoms with E-state index in [-0.39, 0.29) is 17.0 Å². The molecule has 106 valence electrons. The van der Waals surface area contributed by atoms with Crippen molar-refractivity contribution >= 4 is 15.7 Å². The second-order valence-corrected chi connectivity index (χ2v) is 6.34. The van der Waals surface area contributed by atoms with Crippen molar-refractivity contribution in [3.63, 3.8) is 0 Å². The molecule has 0 saturated carbocycles. The maximum Gasteiger partial charge on any atom is 0.240 e. The van der Waals surface area contributed by atoms with Crippen molar-refractivity contribution in [2.24, 2.45) is 5.84 Å². The Morgan fingerprint density at radius 1 is 1.37 bits per heavy atom. The molecule has 7 heteroatoms. The van der Waals surface area contributed by atoms with Gasteiger partial charge in [-0.2, -0.15) is 0 Å². The lowest BCUT2D eigenvalue weighted by Crippen LogP contribution is -2.40. The number of anilines is 1. The summed E-state index contributed by atoms with van der Waals surface area (Å²) in [5.74, 6) is 5.24. The molecule has 2 atom stereocenters. The molecule has 1 aromatic rings. The van der Waals surface area contributed by atoms with Crippen molar-refractivity contribution in [1.29, 1.82) is 0 Å². The molecule has 1 heterocycles. The highest BCUT2D eigenvalue weighted by Crippen LogP contribution is 2.18. The SMILES string of the molecule is CC(NS(=O)(=O)c1ccc(NN)cc1)C1CCCO1. The minimum atomic E-state index is -3.52. The average Bonchev–Trinajstić information content (AvgIpc) is 2.92. The number of nitrogen functional groups attached to an aromatic ring is 1. The maximum absolute atomic E-state index is 12.2. The predicted octanol–water partition coefficient (Wildman–Crippen LogP) is 0.818. The molecule has 0 amide bonds. The van der Waals surface area contributed by atoms with E-state index < -0.39 is 10.0 Å². The van der Waals surface area contributed by atoms with Gasteiger partial charge in [0.05, 0.1) is 11.0 Å². The van der Waals surface area contributed by atoms with Gasteiger partial charge in [0, 0.05) is 18.3 Å². The molecule has 4 N–H and O–H groups in total. The number of sulfonamides is 1. The van der Waals surface area contributed by atoms with Gasteiger partial charge in [-0.1, -0.05) is 0 Å². The Morgan fingerprint density at radius 3 is 2.58 bits per heavy atom. The number of nitrogens with one attached hydrogen (secondary N) is 2. The number of nitrogens with two attached hydrogens (primary N) is 1. The lowest BCUT2D eigenvalue weighted by Gasteiger charge is -2.20. The number of benzene rings is 1. The van der Waals surface area contributed by atoms with Crippen molar-refractivity contribution in [1.82, 2.24) is 4.72 Å². The second kappa shape index (κ2) is 5.87. The van der Waals surface area contributed by atoms with E-state index in [0.29, 0.717) is 12.3 Å². The monoisotopic (exact) mass is 285 g/mol. The summed E-state index contributed by atoms with van der Waals surface area (Å²) in [4.78, 5) is 0.219. The molecule has 0 radical (unpaired) electrons. The summed E-state index contributed by atoms with van der Waals surface area (Å²) in [5.41, 5.74) is 3.11. The predicted molar refractivity (Wildman–Crippen MR) is 73.0 cm³/mol. The first-order valence-electron chi connectivity index (χ1n) is 6.23. The molecule has 1 aliphatic heterocycles. The Hall–Kier alpha value is -1.15. The minimum absolute atomic E-state index is 0.0419. The summed E-state index contributed by atoms with van der Waals surface area (Å²) < 4.78 is 32.5. The third kappa shape index (κ3) is 3.44. The smallest absolute Gasteiger partial charge is 0.240 e. The van der Waals surface area contributed by atoms with Crippen LogP contribution in [-0.4, -0.2) is 27.2 Å². The highest BCUT2D eigenvalue weighted by Gasteiger charge is 2.26. The fourth-order valence-electron chi connectivity index (χ4n) is 2.12. The van der Waals surface area contributed by atoms with Crippen LogP contribution in [0.5, 0.6) is 0 Å². The third-order valence-electron chi connectivity index (χ3n) is 3.19. The summed E-state index contributed by atoms with van der Waals surface area (Å²) in [6.45, 7) is 2.52. The first kappa shape index (κ1) is 14.3. The van der Waals surface area contributed by atoms with E-state index >= 15 is 0 Å². The van der Waals surface area contributed by atoms with Crippen molar-refractivity contribution in [3.8, 4) is 0 Å². The quantitative estimate of drug-likeness (QED) is 0.550. The van der Waals surface area contributed by atoms with Crippen molar-refractivity contribution in [2.75, 3.05) is 12.0 Å². The molecular formula is C12H19N3O3S. The van der Waals surface area contributed by atoms with Gasteiger partial charge < -0.3 is 10.2 Å². The molecule has 1 fully saturated rings. The lowest BCUT2D eigenvalue weighted by atomic mass is 10.1. The van der Waals surface area contributed by atoms with Crippen LogP contribution in [-0.2, 0) is 14.8 Å². The van der Waals surface area contributed by atoms with Crippen LogP contribution in [0, 0.1) is 0 Å². The van der Waals surface area contributed by atoms with Crippen molar-refractivity contribution < 1.29 is 13.2 Å². The van der Waals surface area contributed by atoms with E-state index in [1.54, 1.807) is 12.1 Å². The number of hydrazine groups is 1. The summed E-state index contributed by atoms with van der Waals surface area (Å²) >= 11 is 0. The molecule has 0 aliphatic carbocycles. The Bertz CT molecular complexity index is 510. The van der Waals surface area contributed by atoms with Crippen LogP contribution in [0.1, 0.15) is 19.8 Å². The van der Waals surface area contributed by atoms with Crippen LogP contribution in [0.3, 0.4) is 0 Å². The van der Waals surface area contributed by atoms with Crippen molar-refractivity contribution in [2.45, 2.75) is 36.8 Å². The molecule has 1 aromatic carbocycles. The van der Waals surface area contributed by atoms with Crippen LogP contribution in [0.4, 0.5) is 5.69 Å². The molecule has 19 heavy (non-hydrogen) atoms. The molecule has 0 spiro atoms. The van der Waals surface area contributed by atoms with Crippen LogP contribution in [0.15, 0.2) is 29.2 Å². The zero-order chi connectivity index (χ0) is 13.9. The van der Waals surface area contributed by atoms with Gasteiger partial charge in [-0.25, -0.2) is 13.1 Å². The van der Waals surface area contributed by atoms with Gasteiger partial charge in [0.15, 0.2) is 0 Å². The molecule has 1 aliphatic rings. The van der Waals surface area contributed by atoms with Gasteiger partial charge in [0.25, 0.3) is 0 Å².